The number of rotatable bonds is 4. The summed E-state index contributed by atoms with van der Waals surface area (Å²) in [6, 6.07) is -0.858. The Morgan fingerprint density at radius 3 is 2.62 bits per heavy atom. The molecule has 0 bridgehead atoms. The van der Waals surface area contributed by atoms with Crippen LogP contribution >= 0.6 is 11.3 Å². The number of aromatic nitrogens is 1. The molecule has 0 spiro atoms. The van der Waals surface area contributed by atoms with E-state index in [0.29, 0.717) is 13.0 Å². The van der Waals surface area contributed by atoms with Gasteiger partial charge in [0.1, 0.15) is 17.1 Å². The minimum atomic E-state index is -0.456. The lowest BCUT2D eigenvalue weighted by Crippen LogP contribution is -2.66. The Kier molecular flexibility index (Phi) is 4.66. The van der Waals surface area contributed by atoms with Crippen LogP contribution in [0.4, 0.5) is 0 Å². The van der Waals surface area contributed by atoms with Crippen molar-refractivity contribution in [2.24, 2.45) is 5.41 Å². The molecule has 5 nitrogen and oxygen atoms in total. The van der Waals surface area contributed by atoms with E-state index >= 15 is 0 Å². The van der Waals surface area contributed by atoms with Crippen LogP contribution in [0.25, 0.3) is 0 Å². The molecule has 2 amide bonds. The number of carbonyl (C=O) groups excluding carboxylic acids is 2. The quantitative estimate of drug-likeness (QED) is 0.927. The van der Waals surface area contributed by atoms with E-state index in [4.69, 9.17) is 0 Å². The maximum Gasteiger partial charge on any atom is 0.246 e. The summed E-state index contributed by atoms with van der Waals surface area (Å²) in [4.78, 5) is 31.2. The molecule has 2 heterocycles. The summed E-state index contributed by atoms with van der Waals surface area (Å²) >= 11 is 1.51. The summed E-state index contributed by atoms with van der Waals surface area (Å²) in [6.45, 7) is 8.38. The van der Waals surface area contributed by atoms with Gasteiger partial charge in [0.2, 0.25) is 11.8 Å². The third kappa shape index (κ3) is 3.43. The van der Waals surface area contributed by atoms with Gasteiger partial charge in [0.15, 0.2) is 0 Å². The maximum absolute atomic E-state index is 12.7. The van der Waals surface area contributed by atoms with Crippen LogP contribution in [0.2, 0.25) is 0 Å². The molecule has 21 heavy (non-hydrogen) atoms. The number of amides is 2. The average Bonchev–Trinajstić information content (AvgIpc) is 2.86. The molecule has 6 heteroatoms. The van der Waals surface area contributed by atoms with Crippen LogP contribution in [0.3, 0.4) is 0 Å². The lowest BCUT2D eigenvalue weighted by atomic mass is 9.83. The topological polar surface area (TPSA) is 62.3 Å². The van der Waals surface area contributed by atoms with E-state index in [1.54, 1.807) is 11.1 Å². The van der Waals surface area contributed by atoms with Gasteiger partial charge in [-0.15, -0.1) is 11.3 Å². The summed E-state index contributed by atoms with van der Waals surface area (Å²) < 4.78 is 0. The molecule has 1 aliphatic heterocycles. The highest BCUT2D eigenvalue weighted by Crippen LogP contribution is 2.30. The zero-order valence-electron chi connectivity index (χ0n) is 13.0. The van der Waals surface area contributed by atoms with Crippen molar-refractivity contribution in [3.8, 4) is 0 Å². The molecule has 1 saturated heterocycles. The van der Waals surface area contributed by atoms with Crippen molar-refractivity contribution in [3.63, 3.8) is 0 Å². The van der Waals surface area contributed by atoms with Crippen LogP contribution in [-0.2, 0) is 16.1 Å². The smallest absolute Gasteiger partial charge is 0.246 e. The van der Waals surface area contributed by atoms with Gasteiger partial charge < -0.3 is 10.2 Å². The summed E-state index contributed by atoms with van der Waals surface area (Å²) in [6.07, 6.45) is 3.27. The Labute approximate surface area is 129 Å². The van der Waals surface area contributed by atoms with E-state index in [2.05, 4.69) is 10.3 Å². The molecule has 2 rings (SSSR count). The Morgan fingerprint density at radius 2 is 2.10 bits per heavy atom. The standard InChI is InChI=1S/C15H23N3O2S/c1-5-6-10-14(20)18(9-11-16-7-8-21-11)12(13(19)17-10)15(2,3)4/h7-8,10,12H,5-6,9H2,1-4H3,(H,17,19). The van der Waals surface area contributed by atoms with Crippen LogP contribution in [0.5, 0.6) is 0 Å². The van der Waals surface area contributed by atoms with Crippen molar-refractivity contribution in [1.29, 1.82) is 0 Å². The first-order valence-corrected chi connectivity index (χ1v) is 8.21. The van der Waals surface area contributed by atoms with E-state index in [1.807, 2.05) is 33.1 Å². The van der Waals surface area contributed by atoms with Gasteiger partial charge in [-0.3, -0.25) is 9.59 Å². The maximum atomic E-state index is 12.7. The third-order valence-corrected chi connectivity index (χ3v) is 4.41. The first-order valence-electron chi connectivity index (χ1n) is 7.33. The SMILES string of the molecule is CCCC1NC(=O)C(C(C)(C)C)N(Cc2nccs2)C1=O. The molecule has 1 aliphatic rings. The number of hydrogen-bond donors (Lipinski definition) is 1. The third-order valence-electron chi connectivity index (χ3n) is 3.64. The highest BCUT2D eigenvalue weighted by molar-refractivity contribution is 7.09. The van der Waals surface area contributed by atoms with Gasteiger partial charge in [-0.25, -0.2) is 4.98 Å². The molecule has 2 unspecified atom stereocenters. The van der Waals surface area contributed by atoms with Crippen molar-refractivity contribution in [2.75, 3.05) is 0 Å². The highest BCUT2D eigenvalue weighted by Gasteiger charge is 2.45. The minimum Gasteiger partial charge on any atom is -0.342 e. The molecular weight excluding hydrogens is 286 g/mol. The largest absolute Gasteiger partial charge is 0.342 e. The van der Waals surface area contributed by atoms with Crippen molar-refractivity contribution >= 4 is 23.2 Å². The minimum absolute atomic E-state index is 0.00609. The lowest BCUT2D eigenvalue weighted by molar-refractivity contribution is -0.154. The van der Waals surface area contributed by atoms with E-state index in [1.165, 1.54) is 11.3 Å². The van der Waals surface area contributed by atoms with Crippen LogP contribution in [0.1, 0.15) is 45.5 Å². The second-order valence-corrected chi connectivity index (χ2v) is 7.49. The Bertz CT molecular complexity index is 507. The first-order chi connectivity index (χ1) is 9.84. The fourth-order valence-electron chi connectivity index (χ4n) is 2.77. The molecule has 0 radical (unpaired) electrons. The summed E-state index contributed by atoms with van der Waals surface area (Å²) in [5.41, 5.74) is -0.311. The van der Waals surface area contributed by atoms with Crippen LogP contribution in [0.15, 0.2) is 11.6 Å². The zero-order valence-corrected chi connectivity index (χ0v) is 13.9. The molecule has 1 aromatic rings. The molecule has 1 N–H and O–H groups in total. The first kappa shape index (κ1) is 15.9. The summed E-state index contributed by atoms with van der Waals surface area (Å²) in [5.74, 6) is -0.0521. The van der Waals surface area contributed by atoms with Crippen molar-refractivity contribution in [2.45, 2.75) is 59.2 Å². The van der Waals surface area contributed by atoms with E-state index in [0.717, 1.165) is 11.4 Å². The predicted octanol–water partition coefficient (Wildman–Crippen LogP) is 2.18. The molecule has 0 saturated carbocycles. The van der Waals surface area contributed by atoms with Crippen molar-refractivity contribution in [1.82, 2.24) is 15.2 Å². The van der Waals surface area contributed by atoms with Gasteiger partial charge in [0.25, 0.3) is 0 Å². The van der Waals surface area contributed by atoms with E-state index in [9.17, 15) is 9.59 Å². The molecular formula is C15H23N3O2S. The van der Waals surface area contributed by atoms with E-state index < -0.39 is 12.1 Å². The fraction of sp³-hybridized carbons (Fsp3) is 0.667. The van der Waals surface area contributed by atoms with Gasteiger partial charge in [0, 0.05) is 11.6 Å². The lowest BCUT2D eigenvalue weighted by Gasteiger charge is -2.44. The Balaban J connectivity index is 2.30. The normalized spacial score (nSPS) is 23.3. The number of nitrogens with zero attached hydrogens (tertiary/aromatic N) is 2. The monoisotopic (exact) mass is 309 g/mol. The van der Waals surface area contributed by atoms with Crippen molar-refractivity contribution < 1.29 is 9.59 Å². The average molecular weight is 309 g/mol. The number of carbonyl (C=O) groups is 2. The van der Waals surface area contributed by atoms with Gasteiger partial charge in [0.05, 0.1) is 6.54 Å². The molecule has 0 aliphatic carbocycles. The van der Waals surface area contributed by atoms with Crippen LogP contribution in [0, 0.1) is 5.41 Å². The van der Waals surface area contributed by atoms with E-state index in [-0.39, 0.29) is 17.2 Å². The Morgan fingerprint density at radius 1 is 1.38 bits per heavy atom. The molecule has 0 aromatic carbocycles. The van der Waals surface area contributed by atoms with Gasteiger partial charge in [-0.2, -0.15) is 0 Å². The second-order valence-electron chi connectivity index (χ2n) is 6.51. The molecule has 1 fully saturated rings. The number of piperazine rings is 1. The summed E-state index contributed by atoms with van der Waals surface area (Å²) in [5, 5.41) is 5.64. The van der Waals surface area contributed by atoms with Crippen LogP contribution in [-0.4, -0.2) is 33.8 Å². The predicted molar refractivity (Wildman–Crippen MR) is 82.7 cm³/mol. The fourth-order valence-corrected chi connectivity index (χ4v) is 3.39. The van der Waals surface area contributed by atoms with Crippen molar-refractivity contribution in [3.05, 3.63) is 16.6 Å². The van der Waals surface area contributed by atoms with Gasteiger partial charge in [-0.05, 0) is 11.8 Å². The molecule has 2 atom stereocenters. The highest BCUT2D eigenvalue weighted by atomic mass is 32.1. The molecule has 1 aromatic heterocycles. The summed E-state index contributed by atoms with van der Waals surface area (Å²) in [7, 11) is 0. The second kappa shape index (κ2) is 6.13. The number of hydrogen-bond acceptors (Lipinski definition) is 4. The van der Waals surface area contributed by atoms with Gasteiger partial charge >= 0.3 is 0 Å². The number of thiazole rings is 1. The Hall–Kier alpha value is -1.43. The number of nitrogens with one attached hydrogen (secondary N) is 1. The van der Waals surface area contributed by atoms with Crippen LogP contribution < -0.4 is 5.32 Å². The van der Waals surface area contributed by atoms with Gasteiger partial charge in [-0.1, -0.05) is 34.1 Å². The molecule has 116 valence electrons. The zero-order chi connectivity index (χ0) is 15.6.